The predicted molar refractivity (Wildman–Crippen MR) is 71.3 cm³/mol. The Bertz CT molecular complexity index is 581. The molecule has 0 aliphatic rings. The van der Waals surface area contributed by atoms with Crippen LogP contribution in [0.4, 0.5) is 5.82 Å². The van der Waals surface area contributed by atoms with Crippen molar-refractivity contribution in [1.82, 2.24) is 4.98 Å². The second-order valence-corrected chi connectivity index (χ2v) is 4.94. The van der Waals surface area contributed by atoms with Crippen molar-refractivity contribution in [2.75, 3.05) is 11.9 Å². The summed E-state index contributed by atoms with van der Waals surface area (Å²) in [5.41, 5.74) is 5.48. The minimum absolute atomic E-state index is 0.0829. The van der Waals surface area contributed by atoms with E-state index >= 15 is 0 Å². The highest BCUT2D eigenvalue weighted by Gasteiger charge is 2.10. The number of aromatic nitrogens is 1. The number of hydrogen-bond donors (Lipinski definition) is 3. The van der Waals surface area contributed by atoms with Crippen molar-refractivity contribution in [3.8, 4) is 0 Å². The van der Waals surface area contributed by atoms with Gasteiger partial charge in [-0.1, -0.05) is 18.2 Å². The first-order chi connectivity index (χ1) is 7.96. The van der Waals surface area contributed by atoms with Gasteiger partial charge < -0.3 is 16.0 Å². The van der Waals surface area contributed by atoms with Crippen molar-refractivity contribution in [3.05, 3.63) is 40.7 Å². The van der Waals surface area contributed by atoms with E-state index in [-0.39, 0.29) is 11.1 Å². The monoisotopic (exact) mass is 231 g/mol. The van der Waals surface area contributed by atoms with Crippen LogP contribution in [0.25, 0.3) is 10.8 Å². The van der Waals surface area contributed by atoms with Gasteiger partial charge in [0.05, 0.1) is 0 Å². The van der Waals surface area contributed by atoms with Crippen LogP contribution in [-0.2, 0) is 0 Å². The van der Waals surface area contributed by atoms with Crippen LogP contribution < -0.4 is 16.6 Å². The second kappa shape index (κ2) is 4.22. The molecule has 0 amide bonds. The quantitative estimate of drug-likeness (QED) is 0.752. The van der Waals surface area contributed by atoms with Crippen molar-refractivity contribution in [2.45, 2.75) is 19.4 Å². The Morgan fingerprint density at radius 3 is 2.76 bits per heavy atom. The molecule has 90 valence electrons. The number of fused-ring (bicyclic) bond motifs is 1. The summed E-state index contributed by atoms with van der Waals surface area (Å²) in [5.74, 6) is 0.701. The lowest BCUT2D eigenvalue weighted by molar-refractivity contribution is 0.548. The van der Waals surface area contributed by atoms with Crippen LogP contribution in [0, 0.1) is 0 Å². The standard InChI is InChI=1S/C13H17N3O/c1-13(2,14)8-15-11-7-9-5-3-4-6-10(9)12(17)16-11/h3-7H,8,14H2,1-2H3,(H2,15,16,17). The average molecular weight is 231 g/mol. The third-order valence-electron chi connectivity index (χ3n) is 2.49. The molecule has 17 heavy (non-hydrogen) atoms. The normalized spacial score (nSPS) is 11.7. The topological polar surface area (TPSA) is 70.9 Å². The highest BCUT2D eigenvalue weighted by atomic mass is 16.1. The first kappa shape index (κ1) is 11.7. The molecule has 0 bridgehead atoms. The summed E-state index contributed by atoms with van der Waals surface area (Å²) < 4.78 is 0. The number of benzene rings is 1. The minimum atomic E-state index is -0.317. The highest BCUT2D eigenvalue weighted by molar-refractivity contribution is 5.83. The Kier molecular flexibility index (Phi) is 2.90. The van der Waals surface area contributed by atoms with Crippen LogP contribution in [0.1, 0.15) is 13.8 Å². The van der Waals surface area contributed by atoms with Crippen LogP contribution in [0.15, 0.2) is 35.1 Å². The van der Waals surface area contributed by atoms with Crippen LogP contribution in [0.3, 0.4) is 0 Å². The number of aromatic amines is 1. The molecule has 2 aromatic rings. The summed E-state index contributed by atoms with van der Waals surface area (Å²) in [5, 5.41) is 4.76. The van der Waals surface area contributed by atoms with E-state index in [1.54, 1.807) is 0 Å². The van der Waals surface area contributed by atoms with E-state index in [9.17, 15) is 4.79 Å². The van der Waals surface area contributed by atoms with Crippen molar-refractivity contribution in [2.24, 2.45) is 5.73 Å². The molecule has 1 heterocycles. The fourth-order valence-corrected chi connectivity index (χ4v) is 1.63. The Morgan fingerprint density at radius 2 is 2.06 bits per heavy atom. The molecule has 0 atom stereocenters. The number of nitrogens with one attached hydrogen (secondary N) is 2. The molecule has 2 rings (SSSR count). The van der Waals surface area contributed by atoms with E-state index in [0.29, 0.717) is 17.7 Å². The predicted octanol–water partition coefficient (Wildman–Crippen LogP) is 1.68. The molecule has 0 saturated carbocycles. The smallest absolute Gasteiger partial charge is 0.257 e. The Labute approximate surface area is 99.8 Å². The fraction of sp³-hybridized carbons (Fsp3) is 0.308. The van der Waals surface area contributed by atoms with Crippen molar-refractivity contribution < 1.29 is 0 Å². The van der Waals surface area contributed by atoms with Gasteiger partial charge in [0.15, 0.2) is 0 Å². The van der Waals surface area contributed by atoms with Gasteiger partial charge in [-0.2, -0.15) is 0 Å². The number of pyridine rings is 1. The van der Waals surface area contributed by atoms with Gasteiger partial charge in [-0.3, -0.25) is 4.79 Å². The summed E-state index contributed by atoms with van der Waals surface area (Å²) >= 11 is 0. The summed E-state index contributed by atoms with van der Waals surface area (Å²) in [6, 6.07) is 9.42. The van der Waals surface area contributed by atoms with E-state index in [2.05, 4.69) is 10.3 Å². The number of nitrogens with two attached hydrogens (primary N) is 1. The van der Waals surface area contributed by atoms with Gasteiger partial charge in [0.2, 0.25) is 0 Å². The third-order valence-corrected chi connectivity index (χ3v) is 2.49. The Balaban J connectivity index is 2.34. The largest absolute Gasteiger partial charge is 0.370 e. The molecule has 4 N–H and O–H groups in total. The van der Waals surface area contributed by atoms with Crippen LogP contribution in [-0.4, -0.2) is 17.1 Å². The van der Waals surface area contributed by atoms with Gasteiger partial charge in [-0.05, 0) is 31.4 Å². The van der Waals surface area contributed by atoms with Crippen LogP contribution in [0.2, 0.25) is 0 Å². The molecule has 0 unspecified atom stereocenters. The van der Waals surface area contributed by atoms with Crippen LogP contribution in [0.5, 0.6) is 0 Å². The summed E-state index contributed by atoms with van der Waals surface area (Å²) in [4.78, 5) is 14.6. The van der Waals surface area contributed by atoms with Crippen LogP contribution >= 0.6 is 0 Å². The van der Waals surface area contributed by atoms with E-state index in [1.807, 2.05) is 44.2 Å². The Hall–Kier alpha value is -1.81. The average Bonchev–Trinajstić information content (AvgIpc) is 2.26. The van der Waals surface area contributed by atoms with Gasteiger partial charge in [-0.25, -0.2) is 0 Å². The lowest BCUT2D eigenvalue weighted by Crippen LogP contribution is -2.40. The van der Waals surface area contributed by atoms with Gasteiger partial charge in [0.1, 0.15) is 5.82 Å². The number of rotatable bonds is 3. The third kappa shape index (κ3) is 2.85. The molecule has 0 radical (unpaired) electrons. The van der Waals surface area contributed by atoms with Gasteiger partial charge in [0, 0.05) is 17.5 Å². The molecule has 0 fully saturated rings. The van der Waals surface area contributed by atoms with E-state index in [4.69, 9.17) is 5.73 Å². The first-order valence-electron chi connectivity index (χ1n) is 5.60. The van der Waals surface area contributed by atoms with Crippen molar-refractivity contribution >= 4 is 16.6 Å². The van der Waals surface area contributed by atoms with Gasteiger partial charge in [0.25, 0.3) is 5.56 Å². The van der Waals surface area contributed by atoms with E-state index in [1.165, 1.54) is 0 Å². The van der Waals surface area contributed by atoms with Crippen molar-refractivity contribution in [3.63, 3.8) is 0 Å². The number of hydrogen-bond acceptors (Lipinski definition) is 3. The lowest BCUT2D eigenvalue weighted by Gasteiger charge is -2.19. The molecule has 4 heteroatoms. The molecule has 1 aromatic carbocycles. The summed E-state index contributed by atoms with van der Waals surface area (Å²) in [6.07, 6.45) is 0. The maximum absolute atomic E-state index is 11.8. The van der Waals surface area contributed by atoms with Gasteiger partial charge in [-0.15, -0.1) is 0 Å². The fourth-order valence-electron chi connectivity index (χ4n) is 1.63. The zero-order valence-electron chi connectivity index (χ0n) is 10.1. The molecular weight excluding hydrogens is 214 g/mol. The minimum Gasteiger partial charge on any atom is -0.370 e. The zero-order valence-corrected chi connectivity index (χ0v) is 10.1. The molecule has 0 spiro atoms. The first-order valence-corrected chi connectivity index (χ1v) is 5.60. The number of anilines is 1. The summed E-state index contributed by atoms with van der Waals surface area (Å²) in [6.45, 7) is 4.46. The SMILES string of the molecule is CC(C)(N)CNc1cc2ccccc2c(=O)[nH]1. The highest BCUT2D eigenvalue weighted by Crippen LogP contribution is 2.13. The second-order valence-electron chi connectivity index (χ2n) is 4.94. The number of H-pyrrole nitrogens is 1. The lowest BCUT2D eigenvalue weighted by atomic mass is 10.1. The Morgan fingerprint density at radius 1 is 1.35 bits per heavy atom. The molecule has 0 saturated heterocycles. The maximum atomic E-state index is 11.8. The van der Waals surface area contributed by atoms with E-state index < -0.39 is 0 Å². The molecule has 0 aliphatic heterocycles. The van der Waals surface area contributed by atoms with Gasteiger partial charge >= 0.3 is 0 Å². The molecule has 1 aromatic heterocycles. The molecule has 4 nitrogen and oxygen atoms in total. The zero-order chi connectivity index (χ0) is 12.5. The molecule has 0 aliphatic carbocycles. The molecular formula is C13H17N3O. The van der Waals surface area contributed by atoms with Crippen molar-refractivity contribution in [1.29, 1.82) is 0 Å². The summed E-state index contributed by atoms with van der Waals surface area (Å²) in [7, 11) is 0. The maximum Gasteiger partial charge on any atom is 0.257 e. The van der Waals surface area contributed by atoms with E-state index in [0.717, 1.165) is 5.39 Å².